The van der Waals surface area contributed by atoms with Crippen LogP contribution < -0.4 is 11.5 Å². The second-order valence-corrected chi connectivity index (χ2v) is 7.66. The molecule has 0 radical (unpaired) electrons. The normalized spacial score (nSPS) is 11.1. The summed E-state index contributed by atoms with van der Waals surface area (Å²) in [6.07, 6.45) is 3.04. The first-order valence-corrected chi connectivity index (χ1v) is 10.1. The lowest BCUT2D eigenvalue weighted by molar-refractivity contribution is 0.626. The molecular formula is C26H24F2N2. The fourth-order valence-corrected chi connectivity index (χ4v) is 3.89. The minimum atomic E-state index is -0.237. The summed E-state index contributed by atoms with van der Waals surface area (Å²) in [4.78, 5) is 0. The minimum absolute atomic E-state index is 0.232. The van der Waals surface area contributed by atoms with E-state index in [0.717, 1.165) is 64.4 Å². The van der Waals surface area contributed by atoms with Gasteiger partial charge in [0.1, 0.15) is 11.6 Å². The van der Waals surface area contributed by atoms with Crippen molar-refractivity contribution in [3.63, 3.8) is 0 Å². The van der Waals surface area contributed by atoms with Crippen LogP contribution in [0.5, 0.6) is 0 Å². The van der Waals surface area contributed by atoms with Gasteiger partial charge in [-0.05, 0) is 101 Å². The molecule has 30 heavy (non-hydrogen) atoms. The Bertz CT molecular complexity index is 1170. The average molecular weight is 402 g/mol. The molecule has 0 aromatic heterocycles. The maximum absolute atomic E-state index is 13.2. The van der Waals surface area contributed by atoms with E-state index in [1.165, 1.54) is 24.3 Å². The Morgan fingerprint density at radius 3 is 1.77 bits per heavy atom. The van der Waals surface area contributed by atoms with Gasteiger partial charge in [0, 0.05) is 11.4 Å². The molecule has 0 saturated carbocycles. The van der Waals surface area contributed by atoms with E-state index in [0.29, 0.717) is 5.69 Å². The van der Waals surface area contributed by atoms with Gasteiger partial charge >= 0.3 is 0 Å². The molecule has 0 saturated heterocycles. The number of rotatable bonds is 6. The van der Waals surface area contributed by atoms with Gasteiger partial charge in [-0.3, -0.25) is 0 Å². The largest absolute Gasteiger partial charge is 0.399 e. The summed E-state index contributed by atoms with van der Waals surface area (Å²) >= 11 is 0. The van der Waals surface area contributed by atoms with E-state index in [2.05, 4.69) is 6.07 Å². The first-order chi connectivity index (χ1) is 14.5. The van der Waals surface area contributed by atoms with Crippen LogP contribution in [0, 0.1) is 11.6 Å². The molecule has 152 valence electrons. The Morgan fingerprint density at radius 1 is 0.600 bits per heavy atom. The summed E-state index contributed by atoms with van der Waals surface area (Å²) in [6.45, 7) is 0. The van der Waals surface area contributed by atoms with Gasteiger partial charge in [0.2, 0.25) is 0 Å². The van der Waals surface area contributed by atoms with E-state index in [1.54, 1.807) is 12.1 Å². The van der Waals surface area contributed by atoms with Gasteiger partial charge in [-0.25, -0.2) is 8.78 Å². The Labute approximate surface area is 175 Å². The zero-order valence-electron chi connectivity index (χ0n) is 16.7. The van der Waals surface area contributed by atoms with Crippen molar-refractivity contribution in [2.24, 2.45) is 0 Å². The predicted molar refractivity (Wildman–Crippen MR) is 120 cm³/mol. The van der Waals surface area contributed by atoms with Crippen molar-refractivity contribution < 1.29 is 8.78 Å². The number of anilines is 2. The number of fused-ring (bicyclic) bond motifs is 1. The smallest absolute Gasteiger partial charge is 0.123 e. The second-order valence-electron chi connectivity index (χ2n) is 7.66. The van der Waals surface area contributed by atoms with Gasteiger partial charge < -0.3 is 11.5 Å². The summed E-state index contributed by atoms with van der Waals surface area (Å²) in [5.74, 6) is -0.469. The lowest BCUT2D eigenvalue weighted by atomic mass is 9.91. The first kappa shape index (κ1) is 19.9. The zero-order valence-corrected chi connectivity index (χ0v) is 16.7. The predicted octanol–water partition coefficient (Wildman–Crippen LogP) is 5.85. The molecule has 0 amide bonds. The molecule has 4 aromatic rings. The van der Waals surface area contributed by atoms with Crippen LogP contribution in [-0.4, -0.2) is 0 Å². The lowest BCUT2D eigenvalue weighted by Crippen LogP contribution is -2.05. The van der Waals surface area contributed by atoms with Crippen molar-refractivity contribution in [2.75, 3.05) is 11.5 Å². The van der Waals surface area contributed by atoms with Crippen LogP contribution in [0.1, 0.15) is 22.3 Å². The molecule has 0 aliphatic heterocycles. The molecule has 4 N–H and O–H groups in total. The third-order valence-electron chi connectivity index (χ3n) is 5.58. The van der Waals surface area contributed by atoms with E-state index in [1.807, 2.05) is 30.3 Å². The van der Waals surface area contributed by atoms with Crippen molar-refractivity contribution >= 4 is 22.1 Å². The van der Waals surface area contributed by atoms with E-state index in [4.69, 9.17) is 11.5 Å². The molecule has 0 unspecified atom stereocenters. The summed E-state index contributed by atoms with van der Waals surface area (Å²) in [5.41, 5.74) is 18.4. The lowest BCUT2D eigenvalue weighted by Gasteiger charge is -2.16. The van der Waals surface area contributed by atoms with Crippen molar-refractivity contribution in [2.45, 2.75) is 25.7 Å². The van der Waals surface area contributed by atoms with Gasteiger partial charge in [-0.2, -0.15) is 0 Å². The topological polar surface area (TPSA) is 52.0 Å². The number of aryl methyl sites for hydroxylation is 4. The molecule has 0 spiro atoms. The van der Waals surface area contributed by atoms with E-state index in [-0.39, 0.29) is 11.6 Å². The van der Waals surface area contributed by atoms with Gasteiger partial charge in [0.15, 0.2) is 0 Å². The second kappa shape index (κ2) is 8.54. The monoisotopic (exact) mass is 402 g/mol. The Morgan fingerprint density at radius 2 is 1.17 bits per heavy atom. The molecule has 0 fully saturated rings. The zero-order chi connectivity index (χ0) is 21.1. The number of hydrogen-bond acceptors (Lipinski definition) is 2. The number of nitrogen functional groups attached to an aromatic ring is 2. The summed E-state index contributed by atoms with van der Waals surface area (Å²) in [5, 5.41) is 2.15. The SMILES string of the molecule is Nc1ccc2cc(CCc3ccc(F)cc3)c(N)c(CCc3ccc(F)cc3)c2c1. The van der Waals surface area contributed by atoms with Crippen LogP contribution in [0.25, 0.3) is 10.8 Å². The van der Waals surface area contributed by atoms with E-state index >= 15 is 0 Å². The number of halogens is 2. The maximum Gasteiger partial charge on any atom is 0.123 e. The summed E-state index contributed by atoms with van der Waals surface area (Å²) in [7, 11) is 0. The highest BCUT2D eigenvalue weighted by Crippen LogP contribution is 2.32. The quantitative estimate of drug-likeness (QED) is 0.397. The Kier molecular flexibility index (Phi) is 5.66. The molecular weight excluding hydrogens is 378 g/mol. The summed E-state index contributed by atoms with van der Waals surface area (Å²) < 4.78 is 26.4. The standard InChI is InChI=1S/C26H24F2N2/c27-21-9-2-17(3-10-21)1-7-20-15-19-8-13-23(29)16-25(19)24(26(20)30)14-6-18-4-11-22(28)12-5-18/h2-5,8-13,15-16H,1,6-7,14,29-30H2. The molecule has 0 aliphatic rings. The number of hydrogen-bond donors (Lipinski definition) is 2. The fraction of sp³-hybridized carbons (Fsp3) is 0.154. The van der Waals surface area contributed by atoms with E-state index in [9.17, 15) is 8.78 Å². The van der Waals surface area contributed by atoms with Crippen LogP contribution in [0.2, 0.25) is 0 Å². The third-order valence-corrected chi connectivity index (χ3v) is 5.58. The van der Waals surface area contributed by atoms with Gasteiger partial charge in [-0.15, -0.1) is 0 Å². The van der Waals surface area contributed by atoms with Crippen LogP contribution in [0.15, 0.2) is 72.8 Å². The molecule has 0 atom stereocenters. The highest BCUT2D eigenvalue weighted by atomic mass is 19.1. The Hall–Kier alpha value is -3.40. The molecule has 0 heterocycles. The molecule has 4 rings (SSSR count). The third kappa shape index (κ3) is 4.43. The van der Waals surface area contributed by atoms with Crippen molar-refractivity contribution in [1.29, 1.82) is 0 Å². The molecule has 0 aliphatic carbocycles. The van der Waals surface area contributed by atoms with Crippen LogP contribution >= 0.6 is 0 Å². The first-order valence-electron chi connectivity index (χ1n) is 10.1. The van der Waals surface area contributed by atoms with E-state index < -0.39 is 0 Å². The highest BCUT2D eigenvalue weighted by Gasteiger charge is 2.12. The van der Waals surface area contributed by atoms with Crippen LogP contribution in [0.3, 0.4) is 0 Å². The molecule has 2 nitrogen and oxygen atoms in total. The minimum Gasteiger partial charge on any atom is -0.399 e. The van der Waals surface area contributed by atoms with Crippen LogP contribution in [0.4, 0.5) is 20.2 Å². The number of nitrogens with two attached hydrogens (primary N) is 2. The molecule has 4 aromatic carbocycles. The van der Waals surface area contributed by atoms with Crippen molar-refractivity contribution in [3.05, 3.63) is 107 Å². The van der Waals surface area contributed by atoms with Crippen molar-refractivity contribution in [3.8, 4) is 0 Å². The van der Waals surface area contributed by atoms with Crippen LogP contribution in [-0.2, 0) is 25.7 Å². The maximum atomic E-state index is 13.2. The summed E-state index contributed by atoms with van der Waals surface area (Å²) in [6, 6.07) is 21.2. The fourth-order valence-electron chi connectivity index (χ4n) is 3.89. The van der Waals surface area contributed by atoms with Crippen molar-refractivity contribution in [1.82, 2.24) is 0 Å². The highest BCUT2D eigenvalue weighted by molar-refractivity contribution is 5.93. The van der Waals surface area contributed by atoms with Gasteiger partial charge in [0.25, 0.3) is 0 Å². The molecule has 0 bridgehead atoms. The molecule has 4 heteroatoms. The van der Waals surface area contributed by atoms with Gasteiger partial charge in [-0.1, -0.05) is 30.3 Å². The average Bonchev–Trinajstić information content (AvgIpc) is 2.74. The Balaban J connectivity index is 1.65. The number of benzene rings is 4. The van der Waals surface area contributed by atoms with Gasteiger partial charge in [0.05, 0.1) is 0 Å².